The molecule has 0 aliphatic carbocycles. The zero-order valence-corrected chi connectivity index (χ0v) is 9.08. The second-order valence-electron chi connectivity index (χ2n) is 3.12. The van der Waals surface area contributed by atoms with Crippen LogP contribution in [0.25, 0.3) is 0 Å². The summed E-state index contributed by atoms with van der Waals surface area (Å²) in [5.41, 5.74) is -0.492. The van der Waals surface area contributed by atoms with Crippen LogP contribution in [0.2, 0.25) is 0 Å². The van der Waals surface area contributed by atoms with Gasteiger partial charge in [-0.25, -0.2) is 0 Å². The van der Waals surface area contributed by atoms with Gasteiger partial charge in [-0.15, -0.1) is 0 Å². The van der Waals surface area contributed by atoms with E-state index in [4.69, 9.17) is 9.63 Å². The minimum absolute atomic E-state index is 0.0121. The van der Waals surface area contributed by atoms with Crippen LogP contribution in [0.5, 0.6) is 0 Å². The zero-order valence-electron chi connectivity index (χ0n) is 8.19. The minimum Gasteiger partial charge on any atom is -0.466 e. The Kier molecular flexibility index (Phi) is 5.84. The Bertz CT molecular complexity index is 191. The first-order chi connectivity index (χ1) is 5.99. The molecule has 0 amide bonds. The summed E-state index contributed by atoms with van der Waals surface area (Å²) in [5, 5.41) is 0. The van der Waals surface area contributed by atoms with E-state index in [0.29, 0.717) is 6.61 Å². The molecule has 0 aliphatic rings. The molecule has 0 aromatic heterocycles. The molecule has 0 aromatic rings. The molecule has 5 heteroatoms. The lowest BCUT2D eigenvalue weighted by atomic mass is 10.1. The minimum atomic E-state index is -2.30. The van der Waals surface area contributed by atoms with Crippen molar-refractivity contribution in [1.82, 2.24) is 0 Å². The molecule has 0 saturated carbocycles. The predicted molar refractivity (Wildman–Crippen MR) is 49.7 cm³/mol. The maximum atomic E-state index is 11.0. The summed E-state index contributed by atoms with van der Waals surface area (Å²) in [6.45, 7) is 5.65. The fourth-order valence-corrected chi connectivity index (χ4v) is 1.77. The van der Waals surface area contributed by atoms with Crippen molar-refractivity contribution in [2.45, 2.75) is 32.9 Å². The highest BCUT2D eigenvalue weighted by atomic mass is 31.1. The third-order valence-corrected chi connectivity index (χ3v) is 3.08. The maximum Gasteiger partial charge on any atom is 0.509 e. The van der Waals surface area contributed by atoms with Crippen molar-refractivity contribution >= 4 is 14.0 Å². The van der Waals surface area contributed by atoms with Crippen molar-refractivity contribution in [3.05, 3.63) is 0 Å². The van der Waals surface area contributed by atoms with Gasteiger partial charge in [0, 0.05) is 5.92 Å². The van der Waals surface area contributed by atoms with E-state index in [1.165, 1.54) is 0 Å². The number of hydrogen-bond donors (Lipinski definition) is 1. The molecular formula is C8H16O4P+. The van der Waals surface area contributed by atoms with Crippen molar-refractivity contribution in [1.29, 1.82) is 0 Å². The predicted octanol–water partition coefficient (Wildman–Crippen LogP) is 1.70. The van der Waals surface area contributed by atoms with Crippen LogP contribution in [0.3, 0.4) is 0 Å². The van der Waals surface area contributed by atoms with E-state index < -0.39 is 19.7 Å². The van der Waals surface area contributed by atoms with E-state index >= 15 is 0 Å². The van der Waals surface area contributed by atoms with Gasteiger partial charge < -0.3 is 4.74 Å². The van der Waals surface area contributed by atoms with Crippen LogP contribution in [0, 0.1) is 5.92 Å². The smallest absolute Gasteiger partial charge is 0.466 e. The van der Waals surface area contributed by atoms with E-state index in [1.54, 1.807) is 6.92 Å². The second-order valence-corrected chi connectivity index (χ2v) is 4.39. The molecule has 76 valence electrons. The van der Waals surface area contributed by atoms with E-state index in [2.05, 4.69) is 0 Å². The van der Waals surface area contributed by atoms with Gasteiger partial charge >= 0.3 is 14.0 Å². The standard InChI is InChI=1S/C8H15O4P/c1-4-12-8(9)5-7(6(2)3)13(10)11/h6-7H,4-5H2,1-3H3/p+1. The number of carbonyl (C=O) groups excluding carboxylic acids is 1. The zero-order chi connectivity index (χ0) is 10.4. The second kappa shape index (κ2) is 6.06. The van der Waals surface area contributed by atoms with Gasteiger partial charge in [-0.3, -0.25) is 4.79 Å². The van der Waals surface area contributed by atoms with Gasteiger partial charge in [-0.05, 0) is 11.5 Å². The van der Waals surface area contributed by atoms with Crippen molar-refractivity contribution in [3.8, 4) is 0 Å². The molecule has 0 heterocycles. The van der Waals surface area contributed by atoms with Crippen molar-refractivity contribution in [3.63, 3.8) is 0 Å². The normalized spacial score (nSPS) is 14.1. The lowest BCUT2D eigenvalue weighted by molar-refractivity contribution is -0.143. The summed E-state index contributed by atoms with van der Waals surface area (Å²) in [4.78, 5) is 19.9. The lowest BCUT2D eigenvalue weighted by Crippen LogP contribution is -2.18. The molecule has 0 fully saturated rings. The highest BCUT2D eigenvalue weighted by molar-refractivity contribution is 7.39. The number of rotatable bonds is 5. The van der Waals surface area contributed by atoms with Crippen molar-refractivity contribution in [2.24, 2.45) is 5.92 Å². The van der Waals surface area contributed by atoms with Crippen LogP contribution in [0.4, 0.5) is 0 Å². The van der Waals surface area contributed by atoms with Crippen LogP contribution >= 0.6 is 8.03 Å². The summed E-state index contributed by atoms with van der Waals surface area (Å²) in [6.07, 6.45) is 0.0250. The van der Waals surface area contributed by atoms with Crippen molar-refractivity contribution in [2.75, 3.05) is 6.61 Å². The van der Waals surface area contributed by atoms with E-state index in [1.807, 2.05) is 13.8 Å². The first-order valence-corrected chi connectivity index (χ1v) is 5.58. The quantitative estimate of drug-likeness (QED) is 0.550. The largest absolute Gasteiger partial charge is 0.509 e. The van der Waals surface area contributed by atoms with E-state index in [-0.39, 0.29) is 12.3 Å². The van der Waals surface area contributed by atoms with Crippen LogP contribution < -0.4 is 0 Å². The molecule has 0 aromatic carbocycles. The summed E-state index contributed by atoms with van der Waals surface area (Å²) >= 11 is 0. The van der Waals surface area contributed by atoms with Gasteiger partial charge in [-0.2, -0.15) is 4.89 Å². The number of carbonyl (C=O) groups is 1. The third kappa shape index (κ3) is 4.96. The van der Waals surface area contributed by atoms with E-state index in [0.717, 1.165) is 0 Å². The highest BCUT2D eigenvalue weighted by Crippen LogP contribution is 2.31. The number of esters is 1. The third-order valence-electron chi connectivity index (χ3n) is 1.73. The van der Waals surface area contributed by atoms with Crippen LogP contribution in [0.1, 0.15) is 27.2 Å². The summed E-state index contributed by atoms with van der Waals surface area (Å²) in [5.74, 6) is -0.392. The highest BCUT2D eigenvalue weighted by Gasteiger charge is 2.35. The maximum absolute atomic E-state index is 11.0. The molecule has 2 atom stereocenters. The first-order valence-electron chi connectivity index (χ1n) is 4.29. The molecule has 1 N–H and O–H groups in total. The number of hydrogen-bond acceptors (Lipinski definition) is 3. The Morgan fingerprint density at radius 1 is 1.54 bits per heavy atom. The fraction of sp³-hybridized carbons (Fsp3) is 0.875. The SMILES string of the molecule is CCOC(=O)CC(C(C)C)[P+](=O)O. The Morgan fingerprint density at radius 3 is 2.38 bits per heavy atom. The molecule has 4 nitrogen and oxygen atoms in total. The van der Waals surface area contributed by atoms with Crippen LogP contribution in [-0.4, -0.2) is 23.1 Å². The first kappa shape index (κ1) is 12.5. The van der Waals surface area contributed by atoms with E-state index in [9.17, 15) is 9.36 Å². The molecule has 0 rings (SSSR count). The van der Waals surface area contributed by atoms with Gasteiger partial charge in [-0.1, -0.05) is 13.8 Å². The van der Waals surface area contributed by atoms with Gasteiger partial charge in [0.15, 0.2) is 5.66 Å². The Balaban J connectivity index is 4.10. The summed E-state index contributed by atoms with van der Waals surface area (Å²) in [7, 11) is -2.30. The number of ether oxygens (including phenoxy) is 1. The van der Waals surface area contributed by atoms with Crippen LogP contribution in [-0.2, 0) is 14.1 Å². The molecule has 0 bridgehead atoms. The topological polar surface area (TPSA) is 63.6 Å². The molecule has 0 aliphatic heterocycles. The monoisotopic (exact) mass is 207 g/mol. The van der Waals surface area contributed by atoms with Crippen LogP contribution in [0.15, 0.2) is 0 Å². The molecule has 13 heavy (non-hydrogen) atoms. The Labute approximate surface area is 79.2 Å². The van der Waals surface area contributed by atoms with Crippen molar-refractivity contribution < 1.29 is 19.0 Å². The summed E-state index contributed by atoms with van der Waals surface area (Å²) in [6, 6.07) is 0. The molecule has 0 spiro atoms. The van der Waals surface area contributed by atoms with Gasteiger partial charge in [0.05, 0.1) is 13.0 Å². The fourth-order valence-electron chi connectivity index (χ4n) is 0.960. The summed E-state index contributed by atoms with van der Waals surface area (Å²) < 4.78 is 15.5. The molecule has 0 radical (unpaired) electrons. The average Bonchev–Trinajstić information content (AvgIpc) is 1.99. The Hall–Kier alpha value is -0.470. The Morgan fingerprint density at radius 2 is 2.08 bits per heavy atom. The lowest BCUT2D eigenvalue weighted by Gasteiger charge is -2.07. The van der Waals surface area contributed by atoms with Gasteiger partial charge in [0.25, 0.3) is 0 Å². The molecule has 0 saturated heterocycles. The van der Waals surface area contributed by atoms with Gasteiger partial charge in [0.1, 0.15) is 0 Å². The average molecular weight is 207 g/mol. The molecule has 2 unspecified atom stereocenters. The molecular weight excluding hydrogens is 191 g/mol. The van der Waals surface area contributed by atoms with Gasteiger partial charge in [0.2, 0.25) is 0 Å².